The van der Waals surface area contributed by atoms with Crippen LogP contribution in [0.2, 0.25) is 18.1 Å². The zero-order chi connectivity index (χ0) is 14.8. The average molecular weight is 285 g/mol. The molecule has 110 valence electrons. The lowest BCUT2D eigenvalue weighted by atomic mass is 10.2. The highest BCUT2D eigenvalue weighted by molar-refractivity contribution is 6.75. The van der Waals surface area contributed by atoms with Crippen LogP contribution in [0.3, 0.4) is 0 Å². The molecule has 0 saturated carbocycles. The number of carbonyl (C=O) groups is 2. The van der Waals surface area contributed by atoms with Crippen molar-refractivity contribution in [2.24, 2.45) is 0 Å². The van der Waals surface area contributed by atoms with Crippen molar-refractivity contribution < 1.29 is 14.0 Å². The Balaban J connectivity index is 2.76. The van der Waals surface area contributed by atoms with Crippen molar-refractivity contribution in [3.05, 3.63) is 0 Å². The maximum Gasteiger partial charge on any atom is 0.315 e. The second-order valence-corrected chi connectivity index (χ2v) is 11.5. The summed E-state index contributed by atoms with van der Waals surface area (Å²) in [5.41, 5.74) is 0. The molecule has 1 fully saturated rings. The van der Waals surface area contributed by atoms with Gasteiger partial charge in [0.1, 0.15) is 6.04 Å². The first kappa shape index (κ1) is 16.2. The zero-order valence-electron chi connectivity index (χ0n) is 13.1. The lowest BCUT2D eigenvalue weighted by Crippen LogP contribution is -2.48. The van der Waals surface area contributed by atoms with Gasteiger partial charge in [0.05, 0.1) is 0 Å². The molecule has 5 heteroatoms. The molecule has 4 nitrogen and oxygen atoms in total. The molecule has 0 aliphatic carbocycles. The van der Waals surface area contributed by atoms with Gasteiger partial charge in [-0.2, -0.15) is 0 Å². The fourth-order valence-electron chi connectivity index (χ4n) is 1.99. The third-order valence-corrected chi connectivity index (χ3v) is 8.63. The van der Waals surface area contributed by atoms with Crippen LogP contribution in [0.5, 0.6) is 0 Å². The van der Waals surface area contributed by atoms with Gasteiger partial charge in [-0.1, -0.05) is 27.7 Å². The van der Waals surface area contributed by atoms with Crippen molar-refractivity contribution in [2.75, 3.05) is 6.54 Å². The first-order valence-corrected chi connectivity index (χ1v) is 10.0. The smallest absolute Gasteiger partial charge is 0.315 e. The van der Waals surface area contributed by atoms with Crippen LogP contribution < -0.4 is 0 Å². The summed E-state index contributed by atoms with van der Waals surface area (Å²) in [6.45, 7) is 13.0. The largest absolute Gasteiger partial charge is 0.518 e. The SMILES string of the molecule is CCC(=O)N1CCCC1C(=O)O[Si](C)(C)C(C)(C)C. The maximum atomic E-state index is 12.4. The number of carbonyl (C=O) groups excluding carboxylic acids is 2. The van der Waals surface area contributed by atoms with Crippen molar-refractivity contribution in [1.29, 1.82) is 0 Å². The van der Waals surface area contributed by atoms with E-state index in [1.54, 1.807) is 4.90 Å². The predicted molar refractivity (Wildman–Crippen MR) is 78.3 cm³/mol. The lowest BCUT2D eigenvalue weighted by molar-refractivity contribution is -0.146. The second-order valence-electron chi connectivity index (χ2n) is 6.78. The molecule has 1 saturated heterocycles. The summed E-state index contributed by atoms with van der Waals surface area (Å²) in [6, 6.07) is -0.360. The van der Waals surface area contributed by atoms with Crippen molar-refractivity contribution in [1.82, 2.24) is 4.90 Å². The van der Waals surface area contributed by atoms with E-state index in [0.717, 1.165) is 12.8 Å². The Hall–Kier alpha value is -0.843. The predicted octanol–water partition coefficient (Wildman–Crippen LogP) is 2.94. The molecule has 1 aliphatic rings. The third-order valence-electron chi connectivity index (χ3n) is 4.31. The number of likely N-dealkylation sites (tertiary alicyclic amines) is 1. The van der Waals surface area contributed by atoms with Gasteiger partial charge in [0, 0.05) is 13.0 Å². The fourth-order valence-corrected chi connectivity index (χ4v) is 2.93. The first-order valence-electron chi connectivity index (χ1n) is 7.12. The van der Waals surface area contributed by atoms with Crippen LogP contribution in [-0.2, 0) is 14.0 Å². The highest BCUT2D eigenvalue weighted by Gasteiger charge is 2.43. The monoisotopic (exact) mass is 285 g/mol. The van der Waals surface area contributed by atoms with Crippen LogP contribution in [0.15, 0.2) is 0 Å². The Morgan fingerprint density at radius 1 is 1.32 bits per heavy atom. The summed E-state index contributed by atoms with van der Waals surface area (Å²) in [4.78, 5) is 25.9. The van der Waals surface area contributed by atoms with Crippen LogP contribution in [0, 0.1) is 0 Å². The molecule has 0 spiro atoms. The third kappa shape index (κ3) is 3.59. The minimum atomic E-state index is -2.10. The molecular weight excluding hydrogens is 258 g/mol. The topological polar surface area (TPSA) is 46.6 Å². The lowest BCUT2D eigenvalue weighted by Gasteiger charge is -2.37. The Kier molecular flexibility index (Phi) is 4.82. The number of nitrogens with zero attached hydrogens (tertiary/aromatic N) is 1. The van der Waals surface area contributed by atoms with Crippen LogP contribution in [0.25, 0.3) is 0 Å². The number of amides is 1. The quantitative estimate of drug-likeness (QED) is 0.749. The molecule has 1 amide bonds. The minimum absolute atomic E-state index is 0.000853. The second kappa shape index (κ2) is 5.65. The summed E-state index contributed by atoms with van der Waals surface area (Å²) < 4.78 is 5.82. The molecule has 0 aromatic rings. The molecule has 1 unspecified atom stereocenters. The van der Waals surface area contributed by atoms with Gasteiger partial charge in [-0.15, -0.1) is 0 Å². The van der Waals surface area contributed by atoms with Crippen molar-refractivity contribution in [3.63, 3.8) is 0 Å². The molecule has 1 rings (SSSR count). The van der Waals surface area contributed by atoms with E-state index in [1.807, 2.05) is 6.92 Å². The van der Waals surface area contributed by atoms with Crippen LogP contribution in [0.1, 0.15) is 47.0 Å². The molecule has 1 aliphatic heterocycles. The van der Waals surface area contributed by atoms with E-state index in [0.29, 0.717) is 13.0 Å². The molecule has 1 atom stereocenters. The summed E-state index contributed by atoms with van der Waals surface area (Å²) in [7, 11) is -2.10. The van der Waals surface area contributed by atoms with E-state index in [9.17, 15) is 9.59 Å². The van der Waals surface area contributed by atoms with Crippen LogP contribution in [0.4, 0.5) is 0 Å². The van der Waals surface area contributed by atoms with Crippen molar-refractivity contribution >= 4 is 20.2 Å². The van der Waals surface area contributed by atoms with E-state index < -0.39 is 8.32 Å². The molecule has 1 heterocycles. The van der Waals surface area contributed by atoms with E-state index in [2.05, 4.69) is 33.9 Å². The summed E-state index contributed by atoms with van der Waals surface area (Å²) in [5, 5.41) is 0.000853. The molecule has 0 aromatic heterocycles. The van der Waals surface area contributed by atoms with Crippen LogP contribution >= 0.6 is 0 Å². The van der Waals surface area contributed by atoms with Gasteiger partial charge in [0.15, 0.2) is 0 Å². The Morgan fingerprint density at radius 3 is 2.37 bits per heavy atom. The van der Waals surface area contributed by atoms with Crippen molar-refractivity contribution in [2.45, 2.75) is 71.1 Å². The number of rotatable bonds is 3. The van der Waals surface area contributed by atoms with E-state index >= 15 is 0 Å². The summed E-state index contributed by atoms with van der Waals surface area (Å²) in [5.74, 6) is -0.152. The Bertz CT molecular complexity index is 360. The van der Waals surface area contributed by atoms with Gasteiger partial charge < -0.3 is 9.33 Å². The van der Waals surface area contributed by atoms with Gasteiger partial charge in [-0.05, 0) is 31.0 Å². The zero-order valence-corrected chi connectivity index (χ0v) is 14.1. The molecule has 0 aromatic carbocycles. The summed E-state index contributed by atoms with van der Waals surface area (Å²) in [6.07, 6.45) is 2.08. The normalized spacial score (nSPS) is 20.5. The molecule has 0 bridgehead atoms. The Morgan fingerprint density at radius 2 is 1.89 bits per heavy atom. The average Bonchev–Trinajstić information content (AvgIpc) is 2.74. The van der Waals surface area contributed by atoms with Gasteiger partial charge in [0.25, 0.3) is 8.32 Å². The Labute approximate surface area is 117 Å². The van der Waals surface area contributed by atoms with Gasteiger partial charge >= 0.3 is 5.97 Å². The highest BCUT2D eigenvalue weighted by atomic mass is 28.4. The van der Waals surface area contributed by atoms with Gasteiger partial charge in [-0.3, -0.25) is 9.59 Å². The fraction of sp³-hybridized carbons (Fsp3) is 0.857. The number of hydrogen-bond acceptors (Lipinski definition) is 3. The van der Waals surface area contributed by atoms with E-state index in [-0.39, 0.29) is 23.0 Å². The summed E-state index contributed by atoms with van der Waals surface area (Å²) >= 11 is 0. The van der Waals surface area contributed by atoms with Gasteiger partial charge in [0.2, 0.25) is 5.91 Å². The van der Waals surface area contributed by atoms with Gasteiger partial charge in [-0.25, -0.2) is 0 Å². The van der Waals surface area contributed by atoms with Crippen LogP contribution in [-0.4, -0.2) is 37.7 Å². The first-order chi connectivity index (χ1) is 8.60. The van der Waals surface area contributed by atoms with E-state index in [1.165, 1.54) is 0 Å². The maximum absolute atomic E-state index is 12.4. The van der Waals surface area contributed by atoms with Crippen molar-refractivity contribution in [3.8, 4) is 0 Å². The highest BCUT2D eigenvalue weighted by Crippen LogP contribution is 2.37. The molecular formula is C14H27NO3Si. The van der Waals surface area contributed by atoms with E-state index in [4.69, 9.17) is 4.43 Å². The molecule has 0 radical (unpaired) electrons. The minimum Gasteiger partial charge on any atom is -0.518 e. The number of hydrogen-bond donors (Lipinski definition) is 0. The molecule has 0 N–H and O–H groups in total. The standard InChI is InChI=1S/C14H27NO3Si/c1-7-12(16)15-10-8-9-11(15)13(17)18-19(5,6)14(2,3)4/h11H,7-10H2,1-6H3. The molecule has 19 heavy (non-hydrogen) atoms.